The van der Waals surface area contributed by atoms with Crippen molar-refractivity contribution >= 4 is 23.2 Å². The van der Waals surface area contributed by atoms with Crippen molar-refractivity contribution < 1.29 is 18.8 Å². The third-order valence-electron chi connectivity index (χ3n) is 4.10. The second-order valence-electron chi connectivity index (χ2n) is 6.37. The minimum atomic E-state index is -0.142. The molecule has 0 spiro atoms. The van der Waals surface area contributed by atoms with Gasteiger partial charge in [0.05, 0.1) is 12.7 Å². The highest BCUT2D eigenvalue weighted by Crippen LogP contribution is 2.27. The molecule has 0 fully saturated rings. The normalized spacial score (nSPS) is 10.4. The number of amides is 2. The Balaban J connectivity index is 1.48. The van der Waals surface area contributed by atoms with Gasteiger partial charge in [0.15, 0.2) is 0 Å². The summed E-state index contributed by atoms with van der Waals surface area (Å²) in [5, 5.41) is 9.49. The summed E-state index contributed by atoms with van der Waals surface area (Å²) in [5.41, 5.74) is 2.10. The fourth-order valence-corrected chi connectivity index (χ4v) is 2.76. The molecule has 2 N–H and O–H groups in total. The number of hydrogen-bond acceptors (Lipinski definition) is 6. The lowest BCUT2D eigenvalue weighted by Crippen LogP contribution is -2.11. The van der Waals surface area contributed by atoms with Gasteiger partial charge in [0.2, 0.25) is 23.5 Å². The van der Waals surface area contributed by atoms with Crippen LogP contribution in [0, 0.1) is 0 Å². The second kappa shape index (κ2) is 9.50. The van der Waals surface area contributed by atoms with E-state index in [1.165, 1.54) is 6.92 Å². The first-order valence-electron chi connectivity index (χ1n) is 9.18. The van der Waals surface area contributed by atoms with Crippen LogP contribution >= 0.6 is 0 Å². The van der Waals surface area contributed by atoms with Gasteiger partial charge in [-0.05, 0) is 42.8 Å². The minimum Gasteiger partial charge on any atom is -0.496 e. The van der Waals surface area contributed by atoms with Crippen LogP contribution in [0.1, 0.15) is 25.7 Å². The van der Waals surface area contributed by atoms with E-state index in [-0.39, 0.29) is 11.8 Å². The Morgan fingerprint density at radius 2 is 1.72 bits per heavy atom. The van der Waals surface area contributed by atoms with Crippen LogP contribution in [0.5, 0.6) is 5.75 Å². The molecule has 3 rings (SSSR count). The Hall–Kier alpha value is -3.68. The number of rotatable bonds is 8. The van der Waals surface area contributed by atoms with Crippen LogP contribution in [-0.4, -0.2) is 29.1 Å². The molecule has 0 aliphatic rings. The van der Waals surface area contributed by atoms with E-state index in [1.807, 2.05) is 24.3 Å². The summed E-state index contributed by atoms with van der Waals surface area (Å²) >= 11 is 0. The molecule has 1 heterocycles. The van der Waals surface area contributed by atoms with Gasteiger partial charge in [0.1, 0.15) is 5.75 Å². The quantitative estimate of drug-likeness (QED) is 0.604. The Labute approximate surface area is 168 Å². The summed E-state index contributed by atoms with van der Waals surface area (Å²) in [6, 6.07) is 14.4. The largest absolute Gasteiger partial charge is 0.496 e. The van der Waals surface area contributed by atoms with Gasteiger partial charge in [-0.1, -0.05) is 17.3 Å². The first-order chi connectivity index (χ1) is 14.0. The molecule has 29 heavy (non-hydrogen) atoms. The van der Waals surface area contributed by atoms with Crippen molar-refractivity contribution in [2.45, 2.75) is 26.2 Å². The van der Waals surface area contributed by atoms with Crippen molar-refractivity contribution in [3.63, 3.8) is 0 Å². The van der Waals surface area contributed by atoms with Crippen LogP contribution in [-0.2, 0) is 16.0 Å². The number of para-hydroxylation sites is 1. The van der Waals surface area contributed by atoms with Crippen LogP contribution in [0.4, 0.5) is 11.4 Å². The summed E-state index contributed by atoms with van der Waals surface area (Å²) in [6.45, 7) is 1.44. The van der Waals surface area contributed by atoms with Gasteiger partial charge < -0.3 is 19.9 Å². The lowest BCUT2D eigenvalue weighted by Gasteiger charge is -2.06. The molecular weight excluding hydrogens is 372 g/mol. The smallest absolute Gasteiger partial charge is 0.226 e. The van der Waals surface area contributed by atoms with Crippen LogP contribution in [0.2, 0.25) is 0 Å². The molecule has 0 unspecified atom stereocenters. The van der Waals surface area contributed by atoms with Crippen molar-refractivity contribution in [1.82, 2.24) is 10.1 Å². The third-order valence-corrected chi connectivity index (χ3v) is 4.10. The van der Waals surface area contributed by atoms with E-state index in [4.69, 9.17) is 9.26 Å². The summed E-state index contributed by atoms with van der Waals surface area (Å²) in [4.78, 5) is 27.5. The first-order valence-corrected chi connectivity index (χ1v) is 9.18. The molecule has 150 valence electrons. The summed E-state index contributed by atoms with van der Waals surface area (Å²) in [6.07, 6.45) is 1.39. The number of methoxy groups -OCH3 is 1. The van der Waals surface area contributed by atoms with Gasteiger partial charge in [-0.3, -0.25) is 9.59 Å². The van der Waals surface area contributed by atoms with Crippen LogP contribution < -0.4 is 15.4 Å². The SMILES string of the molecule is COc1ccccc1-c1noc(CCCC(=O)Nc2ccc(NC(C)=O)cc2)n1. The van der Waals surface area contributed by atoms with Crippen molar-refractivity contribution in [3.05, 3.63) is 54.4 Å². The third kappa shape index (κ3) is 5.65. The highest BCUT2D eigenvalue weighted by Gasteiger charge is 2.13. The molecule has 0 radical (unpaired) electrons. The maximum atomic E-state index is 12.1. The number of aryl methyl sites for hydroxylation is 1. The first kappa shape index (κ1) is 20.1. The van der Waals surface area contributed by atoms with E-state index in [2.05, 4.69) is 20.8 Å². The van der Waals surface area contributed by atoms with E-state index in [0.717, 1.165) is 5.56 Å². The molecule has 8 heteroatoms. The van der Waals surface area contributed by atoms with E-state index in [9.17, 15) is 9.59 Å². The van der Waals surface area contributed by atoms with E-state index in [0.29, 0.717) is 48.1 Å². The van der Waals surface area contributed by atoms with Gasteiger partial charge in [-0.2, -0.15) is 4.98 Å². The summed E-state index contributed by atoms with van der Waals surface area (Å²) in [7, 11) is 1.59. The summed E-state index contributed by atoms with van der Waals surface area (Å²) < 4.78 is 10.6. The lowest BCUT2D eigenvalue weighted by atomic mass is 10.2. The monoisotopic (exact) mass is 394 g/mol. The van der Waals surface area contributed by atoms with Gasteiger partial charge in [0, 0.05) is 31.1 Å². The molecule has 0 atom stereocenters. The van der Waals surface area contributed by atoms with Crippen molar-refractivity contribution in [2.24, 2.45) is 0 Å². The van der Waals surface area contributed by atoms with Gasteiger partial charge in [-0.15, -0.1) is 0 Å². The molecule has 1 aromatic heterocycles. The van der Waals surface area contributed by atoms with Crippen LogP contribution in [0.3, 0.4) is 0 Å². The highest BCUT2D eigenvalue weighted by atomic mass is 16.5. The minimum absolute atomic E-state index is 0.109. The number of carbonyl (C=O) groups is 2. The highest BCUT2D eigenvalue weighted by molar-refractivity contribution is 5.92. The van der Waals surface area contributed by atoms with Gasteiger partial charge in [-0.25, -0.2) is 0 Å². The zero-order chi connectivity index (χ0) is 20.6. The van der Waals surface area contributed by atoms with Gasteiger partial charge in [0.25, 0.3) is 0 Å². The lowest BCUT2D eigenvalue weighted by molar-refractivity contribution is -0.116. The van der Waals surface area contributed by atoms with Crippen LogP contribution in [0.15, 0.2) is 53.1 Å². The predicted octanol–water partition coefficient (Wildman–Crippen LogP) is 3.67. The Morgan fingerprint density at radius 1 is 1.03 bits per heavy atom. The molecule has 3 aromatic rings. The predicted molar refractivity (Wildman–Crippen MR) is 109 cm³/mol. The van der Waals surface area contributed by atoms with Crippen molar-refractivity contribution in [3.8, 4) is 17.1 Å². The Morgan fingerprint density at radius 3 is 2.41 bits per heavy atom. The Kier molecular flexibility index (Phi) is 6.57. The van der Waals surface area contributed by atoms with Gasteiger partial charge >= 0.3 is 0 Å². The molecule has 0 aliphatic heterocycles. The fraction of sp³-hybridized carbons (Fsp3) is 0.238. The number of hydrogen-bond donors (Lipinski definition) is 2. The molecule has 0 saturated heterocycles. The molecule has 2 aromatic carbocycles. The summed E-state index contributed by atoms with van der Waals surface area (Å²) in [5.74, 6) is 1.35. The standard InChI is InChI=1S/C21H22N4O4/c1-14(26)22-15-10-12-16(13-11-15)23-19(27)8-5-9-20-24-21(25-29-20)17-6-3-4-7-18(17)28-2/h3-4,6-7,10-13H,5,8-9H2,1-2H3,(H,22,26)(H,23,27). The second-order valence-corrected chi connectivity index (χ2v) is 6.37. The number of ether oxygens (including phenoxy) is 1. The van der Waals surface area contributed by atoms with E-state index < -0.39 is 0 Å². The molecule has 0 aliphatic carbocycles. The number of carbonyl (C=O) groups excluding carboxylic acids is 2. The molecule has 2 amide bonds. The molecule has 0 saturated carbocycles. The zero-order valence-corrected chi connectivity index (χ0v) is 16.3. The number of nitrogens with zero attached hydrogens (tertiary/aromatic N) is 2. The number of anilines is 2. The average molecular weight is 394 g/mol. The molecular formula is C21H22N4O4. The van der Waals surface area contributed by atoms with E-state index >= 15 is 0 Å². The van der Waals surface area contributed by atoms with Crippen molar-refractivity contribution in [1.29, 1.82) is 0 Å². The maximum absolute atomic E-state index is 12.1. The van der Waals surface area contributed by atoms with E-state index in [1.54, 1.807) is 31.4 Å². The van der Waals surface area contributed by atoms with Crippen molar-refractivity contribution in [2.75, 3.05) is 17.7 Å². The molecule has 8 nitrogen and oxygen atoms in total. The Bertz CT molecular complexity index is 982. The number of aromatic nitrogens is 2. The maximum Gasteiger partial charge on any atom is 0.226 e. The topological polar surface area (TPSA) is 106 Å². The fourth-order valence-electron chi connectivity index (χ4n) is 2.76. The number of benzene rings is 2. The number of nitrogens with one attached hydrogen (secondary N) is 2. The van der Waals surface area contributed by atoms with Crippen LogP contribution in [0.25, 0.3) is 11.4 Å². The zero-order valence-electron chi connectivity index (χ0n) is 16.3. The average Bonchev–Trinajstić information content (AvgIpc) is 3.18. The molecule has 0 bridgehead atoms.